The predicted octanol–water partition coefficient (Wildman–Crippen LogP) is 1.08. The molecule has 0 fully saturated rings. The SMILES string of the molecule is CS(=O)(=O)c1ccc(C2(C#N)CCc3cc(-n4ncc(=O)[nH]c4=O)ccc32)cc1. The molecule has 3 aromatic rings. The Hall–Kier alpha value is -3.51. The minimum Gasteiger partial charge on any atom is -0.271 e. The van der Waals surface area contributed by atoms with Gasteiger partial charge in [-0.1, -0.05) is 18.2 Å². The molecule has 1 heterocycles. The summed E-state index contributed by atoms with van der Waals surface area (Å²) in [5.41, 5.74) is 0.813. The maximum atomic E-state index is 12.0. The summed E-state index contributed by atoms with van der Waals surface area (Å²) in [6, 6.07) is 14.0. The highest BCUT2D eigenvalue weighted by Gasteiger charge is 2.41. The van der Waals surface area contributed by atoms with Crippen molar-refractivity contribution in [3.63, 3.8) is 0 Å². The minimum absolute atomic E-state index is 0.200. The molecule has 8 nitrogen and oxygen atoms in total. The number of nitrogens with one attached hydrogen (secondary N) is 1. The number of aryl methyl sites for hydroxylation is 1. The topological polar surface area (TPSA) is 126 Å². The highest BCUT2D eigenvalue weighted by molar-refractivity contribution is 7.90. The smallest absolute Gasteiger partial charge is 0.271 e. The molecule has 1 N–H and O–H groups in total. The van der Waals surface area contributed by atoms with Gasteiger partial charge in [-0.2, -0.15) is 15.0 Å². The summed E-state index contributed by atoms with van der Waals surface area (Å²) in [4.78, 5) is 25.6. The van der Waals surface area contributed by atoms with Crippen molar-refractivity contribution in [3.05, 3.63) is 86.2 Å². The standard InChI is InChI=1S/C20H16N4O4S/c1-29(27,28)16-5-2-14(3-6-16)20(12-21)9-8-13-10-15(4-7-17(13)20)24-19(26)23-18(25)11-22-24/h2-7,10-11H,8-9H2,1H3,(H,23,25,26). The van der Waals surface area contributed by atoms with Gasteiger partial charge in [0.15, 0.2) is 9.84 Å². The molecule has 4 rings (SSSR count). The van der Waals surface area contributed by atoms with Crippen LogP contribution in [0, 0.1) is 11.3 Å². The van der Waals surface area contributed by atoms with Gasteiger partial charge in [0.25, 0.3) is 5.56 Å². The number of nitrogens with zero attached hydrogens (tertiary/aromatic N) is 3. The number of nitriles is 1. The molecule has 0 saturated carbocycles. The zero-order chi connectivity index (χ0) is 20.8. The molecule has 1 atom stereocenters. The summed E-state index contributed by atoms with van der Waals surface area (Å²) in [7, 11) is -3.32. The Labute approximate surface area is 166 Å². The number of rotatable bonds is 3. The zero-order valence-electron chi connectivity index (χ0n) is 15.4. The summed E-state index contributed by atoms with van der Waals surface area (Å²) in [6.45, 7) is 0. The van der Waals surface area contributed by atoms with Crippen molar-refractivity contribution >= 4 is 9.84 Å². The molecule has 1 aromatic heterocycles. The lowest BCUT2D eigenvalue weighted by atomic mass is 9.77. The van der Waals surface area contributed by atoms with E-state index in [9.17, 15) is 23.3 Å². The molecule has 1 unspecified atom stereocenters. The third-order valence-corrected chi connectivity index (χ3v) is 6.37. The molecule has 0 bridgehead atoms. The summed E-state index contributed by atoms with van der Waals surface area (Å²) < 4.78 is 24.5. The number of aromatic nitrogens is 3. The lowest BCUT2D eigenvalue weighted by Gasteiger charge is -2.23. The first-order valence-corrected chi connectivity index (χ1v) is 10.7. The molecule has 0 radical (unpaired) electrons. The van der Waals surface area contributed by atoms with Crippen LogP contribution < -0.4 is 11.2 Å². The van der Waals surface area contributed by atoms with Crippen LogP contribution in [0.1, 0.15) is 23.1 Å². The summed E-state index contributed by atoms with van der Waals surface area (Å²) >= 11 is 0. The van der Waals surface area contributed by atoms with Crippen molar-refractivity contribution in [1.29, 1.82) is 5.26 Å². The highest BCUT2D eigenvalue weighted by Crippen LogP contribution is 2.44. The van der Waals surface area contributed by atoms with Crippen LogP contribution in [0.5, 0.6) is 0 Å². The van der Waals surface area contributed by atoms with E-state index in [-0.39, 0.29) is 4.90 Å². The number of benzene rings is 2. The first-order chi connectivity index (χ1) is 13.7. The molecule has 1 aliphatic carbocycles. The Morgan fingerprint density at radius 3 is 2.52 bits per heavy atom. The van der Waals surface area contributed by atoms with E-state index in [0.717, 1.165) is 33.8 Å². The van der Waals surface area contributed by atoms with Crippen LogP contribution in [0.3, 0.4) is 0 Å². The lowest BCUT2D eigenvalue weighted by molar-refractivity contribution is 0.601. The van der Waals surface area contributed by atoms with E-state index >= 15 is 0 Å². The van der Waals surface area contributed by atoms with Gasteiger partial charge in [-0.15, -0.1) is 0 Å². The van der Waals surface area contributed by atoms with Gasteiger partial charge >= 0.3 is 5.69 Å². The molecular formula is C20H16N4O4S. The molecule has 9 heteroatoms. The van der Waals surface area contributed by atoms with Gasteiger partial charge in [-0.05, 0) is 53.8 Å². The summed E-state index contributed by atoms with van der Waals surface area (Å²) in [5, 5.41) is 13.9. The molecular weight excluding hydrogens is 392 g/mol. The second kappa shape index (κ2) is 6.53. The molecule has 0 spiro atoms. The largest absolute Gasteiger partial charge is 0.349 e. The van der Waals surface area contributed by atoms with E-state index in [1.807, 2.05) is 0 Å². The highest BCUT2D eigenvalue weighted by atomic mass is 32.2. The van der Waals surface area contributed by atoms with Crippen molar-refractivity contribution in [3.8, 4) is 11.8 Å². The van der Waals surface area contributed by atoms with E-state index in [1.165, 1.54) is 12.1 Å². The predicted molar refractivity (Wildman–Crippen MR) is 105 cm³/mol. The average molecular weight is 408 g/mol. The Morgan fingerprint density at radius 2 is 1.90 bits per heavy atom. The summed E-state index contributed by atoms with van der Waals surface area (Å²) in [5.74, 6) is 0. The van der Waals surface area contributed by atoms with E-state index < -0.39 is 26.5 Å². The minimum atomic E-state index is -3.32. The Kier molecular flexibility index (Phi) is 4.24. The number of sulfone groups is 1. The molecule has 29 heavy (non-hydrogen) atoms. The van der Waals surface area contributed by atoms with Gasteiger partial charge in [-0.25, -0.2) is 13.2 Å². The van der Waals surface area contributed by atoms with Gasteiger partial charge < -0.3 is 0 Å². The molecule has 0 saturated heterocycles. The fraction of sp³-hybridized carbons (Fsp3) is 0.200. The van der Waals surface area contributed by atoms with Crippen LogP contribution >= 0.6 is 0 Å². The third-order valence-electron chi connectivity index (χ3n) is 5.24. The lowest BCUT2D eigenvalue weighted by Crippen LogP contribution is -2.30. The van der Waals surface area contributed by atoms with Gasteiger partial charge in [0.05, 0.1) is 16.7 Å². The molecule has 0 amide bonds. The van der Waals surface area contributed by atoms with Crippen molar-refractivity contribution in [2.75, 3.05) is 6.26 Å². The summed E-state index contributed by atoms with van der Waals surface area (Å²) in [6.07, 6.45) is 3.32. The first-order valence-electron chi connectivity index (χ1n) is 8.79. The number of hydrogen-bond acceptors (Lipinski definition) is 6. The van der Waals surface area contributed by atoms with Crippen LogP contribution in [0.2, 0.25) is 0 Å². The zero-order valence-corrected chi connectivity index (χ0v) is 16.2. The second-order valence-corrected chi connectivity index (χ2v) is 9.02. The quantitative estimate of drug-likeness (QED) is 0.691. The fourth-order valence-corrected chi connectivity index (χ4v) is 4.43. The van der Waals surface area contributed by atoms with Crippen LogP contribution in [-0.2, 0) is 21.7 Å². The number of aromatic amines is 1. The second-order valence-electron chi connectivity index (χ2n) is 7.01. The van der Waals surface area contributed by atoms with Crippen LogP contribution in [-0.4, -0.2) is 29.4 Å². The normalized spacial score (nSPS) is 18.2. The van der Waals surface area contributed by atoms with E-state index in [4.69, 9.17) is 0 Å². The monoisotopic (exact) mass is 408 g/mol. The Bertz CT molecular complexity index is 1380. The van der Waals surface area contributed by atoms with Crippen molar-refractivity contribution in [2.24, 2.45) is 0 Å². The van der Waals surface area contributed by atoms with Crippen LogP contribution in [0.4, 0.5) is 0 Å². The van der Waals surface area contributed by atoms with Crippen molar-refractivity contribution < 1.29 is 8.42 Å². The van der Waals surface area contributed by atoms with Crippen molar-refractivity contribution in [1.82, 2.24) is 14.8 Å². The maximum Gasteiger partial charge on any atom is 0.349 e. The number of hydrogen-bond donors (Lipinski definition) is 1. The van der Waals surface area contributed by atoms with Crippen LogP contribution in [0.15, 0.2) is 63.1 Å². The van der Waals surface area contributed by atoms with E-state index in [0.29, 0.717) is 18.5 Å². The van der Waals surface area contributed by atoms with E-state index in [2.05, 4.69) is 16.2 Å². The van der Waals surface area contributed by atoms with Gasteiger partial charge in [-0.3, -0.25) is 9.78 Å². The number of H-pyrrole nitrogens is 1. The van der Waals surface area contributed by atoms with Crippen molar-refractivity contribution in [2.45, 2.75) is 23.2 Å². The number of fused-ring (bicyclic) bond motifs is 1. The van der Waals surface area contributed by atoms with Crippen LogP contribution in [0.25, 0.3) is 5.69 Å². The third kappa shape index (κ3) is 3.07. The average Bonchev–Trinajstić information content (AvgIpc) is 3.06. The molecule has 1 aliphatic rings. The molecule has 146 valence electrons. The van der Waals surface area contributed by atoms with E-state index in [1.54, 1.807) is 30.3 Å². The molecule has 2 aromatic carbocycles. The molecule has 0 aliphatic heterocycles. The Balaban J connectivity index is 1.80. The van der Waals surface area contributed by atoms with Gasteiger partial charge in [0, 0.05) is 6.26 Å². The first kappa shape index (κ1) is 18.8. The Morgan fingerprint density at radius 1 is 1.17 bits per heavy atom. The van der Waals surface area contributed by atoms with Gasteiger partial charge in [0.1, 0.15) is 11.6 Å². The maximum absolute atomic E-state index is 12.0. The fourth-order valence-electron chi connectivity index (χ4n) is 3.80. The van der Waals surface area contributed by atoms with Gasteiger partial charge in [0.2, 0.25) is 0 Å².